The summed E-state index contributed by atoms with van der Waals surface area (Å²) < 4.78 is 6.20. The van der Waals surface area contributed by atoms with Gasteiger partial charge in [0, 0.05) is 10.2 Å². The molecule has 6 heteroatoms. The molecule has 0 amide bonds. The number of esters is 1. The molecule has 1 heterocycles. The molecule has 1 aliphatic heterocycles. The zero-order chi connectivity index (χ0) is 16.1. The highest BCUT2D eigenvalue weighted by atomic mass is 79.9. The maximum absolute atomic E-state index is 12.4. The molecule has 1 aromatic rings. The molecule has 0 aliphatic carbocycles. The van der Waals surface area contributed by atoms with E-state index in [2.05, 4.69) is 33.5 Å². The zero-order valence-electron chi connectivity index (χ0n) is 12.6. The monoisotopic (exact) mass is 382 g/mol. The molecule has 1 atom stereocenters. The van der Waals surface area contributed by atoms with E-state index in [1.54, 1.807) is 6.92 Å². The second kappa shape index (κ2) is 7.74. The van der Waals surface area contributed by atoms with E-state index < -0.39 is 0 Å². The minimum atomic E-state index is -0.307. The Balaban J connectivity index is 2.49. The first kappa shape index (κ1) is 17.0. The van der Waals surface area contributed by atoms with Crippen molar-refractivity contribution in [3.05, 3.63) is 45.6 Å². The second-order valence-corrected chi connectivity index (χ2v) is 6.27. The number of halogens is 1. The number of carbonyl (C=O) groups is 1. The van der Waals surface area contributed by atoms with Crippen molar-refractivity contribution >= 4 is 39.2 Å². The predicted octanol–water partition coefficient (Wildman–Crippen LogP) is 3.59. The highest BCUT2D eigenvalue weighted by Crippen LogP contribution is 2.30. The van der Waals surface area contributed by atoms with Crippen molar-refractivity contribution in [2.75, 3.05) is 6.61 Å². The predicted molar refractivity (Wildman–Crippen MR) is 94.3 cm³/mol. The third-order valence-corrected chi connectivity index (χ3v) is 4.04. The summed E-state index contributed by atoms with van der Waals surface area (Å²) in [4.78, 5) is 12.4. The van der Waals surface area contributed by atoms with Crippen LogP contribution in [0.5, 0.6) is 0 Å². The van der Waals surface area contributed by atoms with E-state index in [1.807, 2.05) is 24.3 Å². The Hall–Kier alpha value is -1.40. The van der Waals surface area contributed by atoms with Crippen LogP contribution in [0.4, 0.5) is 0 Å². The number of hydrogen-bond donors (Lipinski definition) is 2. The van der Waals surface area contributed by atoms with Gasteiger partial charge in [-0.05, 0) is 43.3 Å². The molecule has 1 unspecified atom stereocenters. The Morgan fingerprint density at radius 3 is 2.82 bits per heavy atom. The highest BCUT2D eigenvalue weighted by molar-refractivity contribution is 9.10. The van der Waals surface area contributed by atoms with Gasteiger partial charge in [0.2, 0.25) is 0 Å². The molecular formula is C16H19BrN2O2S. The Bertz CT molecular complexity index is 616. The number of rotatable bonds is 5. The third-order valence-electron chi connectivity index (χ3n) is 3.33. The lowest BCUT2D eigenvalue weighted by atomic mass is 9.94. The van der Waals surface area contributed by atoms with E-state index in [0.29, 0.717) is 17.3 Å². The maximum atomic E-state index is 12.4. The molecule has 0 aromatic heterocycles. The molecular weight excluding hydrogens is 364 g/mol. The fourth-order valence-electron chi connectivity index (χ4n) is 2.45. The molecule has 1 aromatic carbocycles. The molecule has 0 saturated carbocycles. The first-order valence-electron chi connectivity index (χ1n) is 7.30. The molecule has 2 rings (SSSR count). The standard InChI is InChI=1S/C16H19BrN2O2S/c1-3-6-12-13(15(20)21-4-2)14(19-16(22)18-12)10-7-5-8-11(17)9-10/h5,7-9,14H,3-4,6H2,1-2H3,(H2,18,19,22). The summed E-state index contributed by atoms with van der Waals surface area (Å²) in [6, 6.07) is 7.54. The molecule has 0 saturated heterocycles. The van der Waals surface area contributed by atoms with E-state index in [0.717, 1.165) is 28.6 Å². The lowest BCUT2D eigenvalue weighted by molar-refractivity contribution is -0.139. The normalized spacial score (nSPS) is 17.8. The van der Waals surface area contributed by atoms with E-state index in [1.165, 1.54) is 0 Å². The second-order valence-electron chi connectivity index (χ2n) is 4.95. The van der Waals surface area contributed by atoms with Crippen molar-refractivity contribution in [3.8, 4) is 0 Å². The minimum absolute atomic E-state index is 0.299. The van der Waals surface area contributed by atoms with Crippen LogP contribution >= 0.6 is 28.1 Å². The van der Waals surface area contributed by atoms with Gasteiger partial charge < -0.3 is 15.4 Å². The van der Waals surface area contributed by atoms with Gasteiger partial charge in [0.1, 0.15) is 0 Å². The van der Waals surface area contributed by atoms with Gasteiger partial charge in [-0.15, -0.1) is 0 Å². The Morgan fingerprint density at radius 1 is 1.41 bits per heavy atom. The van der Waals surface area contributed by atoms with Crippen molar-refractivity contribution in [3.63, 3.8) is 0 Å². The highest BCUT2D eigenvalue weighted by Gasteiger charge is 2.32. The largest absolute Gasteiger partial charge is 0.463 e. The van der Waals surface area contributed by atoms with Crippen LogP contribution in [0.2, 0.25) is 0 Å². The van der Waals surface area contributed by atoms with Crippen molar-refractivity contribution in [2.24, 2.45) is 0 Å². The lowest BCUT2D eigenvalue weighted by Crippen LogP contribution is -2.45. The van der Waals surface area contributed by atoms with Gasteiger partial charge in [-0.2, -0.15) is 0 Å². The summed E-state index contributed by atoms with van der Waals surface area (Å²) in [6.07, 6.45) is 1.67. The van der Waals surface area contributed by atoms with Crippen LogP contribution in [0.15, 0.2) is 40.0 Å². The summed E-state index contributed by atoms with van der Waals surface area (Å²) in [5.41, 5.74) is 2.42. The van der Waals surface area contributed by atoms with Crippen molar-refractivity contribution in [1.82, 2.24) is 10.6 Å². The molecule has 0 fully saturated rings. The van der Waals surface area contributed by atoms with Crippen LogP contribution in [-0.4, -0.2) is 17.7 Å². The summed E-state index contributed by atoms with van der Waals surface area (Å²) in [7, 11) is 0. The van der Waals surface area contributed by atoms with Gasteiger partial charge in [-0.25, -0.2) is 4.79 Å². The summed E-state index contributed by atoms with van der Waals surface area (Å²) in [5, 5.41) is 6.82. The average molecular weight is 383 g/mol. The number of thiocarbonyl (C=S) groups is 1. The number of allylic oxidation sites excluding steroid dienone is 1. The van der Waals surface area contributed by atoms with Crippen molar-refractivity contribution in [2.45, 2.75) is 32.7 Å². The number of hydrogen-bond acceptors (Lipinski definition) is 3. The molecule has 0 spiro atoms. The van der Waals surface area contributed by atoms with Gasteiger partial charge >= 0.3 is 5.97 Å². The summed E-state index contributed by atoms with van der Waals surface area (Å²) in [5.74, 6) is -0.307. The molecule has 118 valence electrons. The van der Waals surface area contributed by atoms with E-state index in [9.17, 15) is 4.79 Å². The van der Waals surface area contributed by atoms with E-state index in [4.69, 9.17) is 17.0 Å². The minimum Gasteiger partial charge on any atom is -0.463 e. The Morgan fingerprint density at radius 2 is 2.18 bits per heavy atom. The number of benzene rings is 1. The fourth-order valence-corrected chi connectivity index (χ4v) is 3.11. The Kier molecular flexibility index (Phi) is 5.97. The van der Waals surface area contributed by atoms with Crippen LogP contribution in [0.25, 0.3) is 0 Å². The number of nitrogens with one attached hydrogen (secondary N) is 2. The quantitative estimate of drug-likeness (QED) is 0.601. The lowest BCUT2D eigenvalue weighted by Gasteiger charge is -2.31. The Labute approximate surface area is 144 Å². The van der Waals surface area contributed by atoms with E-state index in [-0.39, 0.29) is 12.0 Å². The van der Waals surface area contributed by atoms with Gasteiger partial charge in [-0.3, -0.25) is 0 Å². The van der Waals surface area contributed by atoms with Gasteiger partial charge in [0.15, 0.2) is 5.11 Å². The van der Waals surface area contributed by atoms with Crippen LogP contribution in [0.1, 0.15) is 38.3 Å². The van der Waals surface area contributed by atoms with Crippen molar-refractivity contribution < 1.29 is 9.53 Å². The van der Waals surface area contributed by atoms with Crippen LogP contribution in [-0.2, 0) is 9.53 Å². The molecule has 4 nitrogen and oxygen atoms in total. The van der Waals surface area contributed by atoms with Crippen molar-refractivity contribution in [1.29, 1.82) is 0 Å². The number of carbonyl (C=O) groups excluding carboxylic acids is 1. The van der Waals surface area contributed by atoms with Gasteiger partial charge in [0.05, 0.1) is 18.2 Å². The molecule has 1 aliphatic rings. The SMILES string of the molecule is CCCC1=C(C(=O)OCC)C(c2cccc(Br)c2)NC(=S)N1. The van der Waals surface area contributed by atoms with Crippen LogP contribution in [0.3, 0.4) is 0 Å². The first-order valence-corrected chi connectivity index (χ1v) is 8.50. The third kappa shape index (κ3) is 3.87. The summed E-state index contributed by atoms with van der Waals surface area (Å²) in [6.45, 7) is 4.22. The fraction of sp³-hybridized carbons (Fsp3) is 0.375. The van der Waals surface area contributed by atoms with Gasteiger partial charge in [0.25, 0.3) is 0 Å². The smallest absolute Gasteiger partial charge is 0.338 e. The molecule has 0 radical (unpaired) electrons. The van der Waals surface area contributed by atoms with E-state index >= 15 is 0 Å². The molecule has 0 bridgehead atoms. The first-order chi connectivity index (χ1) is 10.6. The summed E-state index contributed by atoms with van der Waals surface area (Å²) >= 11 is 8.76. The molecule has 22 heavy (non-hydrogen) atoms. The van der Waals surface area contributed by atoms with Gasteiger partial charge in [-0.1, -0.05) is 41.4 Å². The molecule has 2 N–H and O–H groups in total. The van der Waals surface area contributed by atoms with Crippen LogP contribution < -0.4 is 10.6 Å². The maximum Gasteiger partial charge on any atom is 0.338 e. The van der Waals surface area contributed by atoms with Crippen LogP contribution in [0, 0.1) is 0 Å². The zero-order valence-corrected chi connectivity index (χ0v) is 15.0. The average Bonchev–Trinajstić information content (AvgIpc) is 2.47. The topological polar surface area (TPSA) is 50.4 Å². The number of ether oxygens (including phenoxy) is 1.